The van der Waals surface area contributed by atoms with E-state index in [1.54, 1.807) is 0 Å². The first-order valence-electron chi connectivity index (χ1n) is 5.44. The monoisotopic (exact) mass is 271 g/mol. The molecule has 1 amide bonds. The zero-order valence-electron chi connectivity index (χ0n) is 11.1. The summed E-state index contributed by atoms with van der Waals surface area (Å²) in [7, 11) is 0. The van der Waals surface area contributed by atoms with Crippen molar-refractivity contribution < 1.29 is 14.7 Å². The number of hydrogen-bond donors (Lipinski definition) is 2. The highest BCUT2D eigenvalue weighted by Gasteiger charge is 2.36. The minimum atomic E-state index is -1.49. The Bertz CT molecular complexity index is 474. The van der Waals surface area contributed by atoms with Crippen molar-refractivity contribution in [2.75, 3.05) is 5.32 Å². The van der Waals surface area contributed by atoms with Crippen LogP contribution in [-0.4, -0.2) is 26.3 Å². The molecule has 0 radical (unpaired) electrons. The summed E-state index contributed by atoms with van der Waals surface area (Å²) in [5.74, 6) is -1.16. The van der Waals surface area contributed by atoms with Gasteiger partial charge in [0.1, 0.15) is 11.2 Å². The van der Waals surface area contributed by atoms with Gasteiger partial charge in [-0.1, -0.05) is 20.8 Å². The lowest BCUT2D eigenvalue weighted by molar-refractivity contribution is -0.151. The van der Waals surface area contributed by atoms with E-state index in [1.807, 2.05) is 20.8 Å². The fourth-order valence-electron chi connectivity index (χ4n) is 0.929. The van der Waals surface area contributed by atoms with Crippen LogP contribution in [0.3, 0.4) is 0 Å². The fraction of sp³-hybridized carbons (Fsp3) is 0.636. The van der Waals surface area contributed by atoms with E-state index in [9.17, 15) is 9.59 Å². The first kappa shape index (κ1) is 14.6. The predicted molar refractivity (Wildman–Crippen MR) is 68.7 cm³/mol. The lowest BCUT2D eigenvalue weighted by Gasteiger charge is -2.17. The first-order valence-corrected chi connectivity index (χ1v) is 6.21. The average molecular weight is 271 g/mol. The molecule has 0 aliphatic carbocycles. The third-order valence-electron chi connectivity index (χ3n) is 2.42. The van der Waals surface area contributed by atoms with Crippen molar-refractivity contribution in [3.8, 4) is 0 Å². The molecule has 0 spiro atoms. The average Bonchev–Trinajstić information content (AvgIpc) is 2.65. The van der Waals surface area contributed by atoms with Crippen LogP contribution in [0.25, 0.3) is 0 Å². The number of carbonyl (C=O) groups excluding carboxylic acids is 1. The number of rotatable bonds is 3. The molecule has 1 aromatic heterocycles. The molecule has 0 bridgehead atoms. The molecule has 18 heavy (non-hydrogen) atoms. The largest absolute Gasteiger partial charge is 0.480 e. The second-order valence-corrected chi connectivity index (χ2v) is 6.31. The van der Waals surface area contributed by atoms with Gasteiger partial charge in [0.05, 0.1) is 0 Å². The van der Waals surface area contributed by atoms with Crippen molar-refractivity contribution in [2.45, 2.75) is 40.0 Å². The highest BCUT2D eigenvalue weighted by Crippen LogP contribution is 2.24. The lowest BCUT2D eigenvalue weighted by atomic mass is 9.93. The van der Waals surface area contributed by atoms with Gasteiger partial charge in [0.15, 0.2) is 0 Å². The number of nitrogens with one attached hydrogen (secondary N) is 1. The van der Waals surface area contributed by atoms with Crippen LogP contribution in [0.2, 0.25) is 0 Å². The Morgan fingerprint density at radius 3 is 2.17 bits per heavy atom. The molecule has 0 saturated carbocycles. The molecular formula is C11H17N3O3S. The number of carbonyl (C=O) groups is 2. The maximum absolute atomic E-state index is 11.8. The molecule has 0 aliphatic rings. The van der Waals surface area contributed by atoms with Crippen LogP contribution in [0.1, 0.15) is 40.4 Å². The Hall–Kier alpha value is -1.50. The number of aliphatic carboxylic acids is 1. The van der Waals surface area contributed by atoms with Gasteiger partial charge in [-0.25, -0.2) is 4.98 Å². The summed E-state index contributed by atoms with van der Waals surface area (Å²) in [4.78, 5) is 26.9. The second-order valence-electron chi connectivity index (χ2n) is 5.56. The smallest absolute Gasteiger partial charge is 0.318 e. The van der Waals surface area contributed by atoms with E-state index >= 15 is 0 Å². The third kappa shape index (κ3) is 3.04. The number of nitrogens with zero attached hydrogens (tertiary/aromatic N) is 2. The summed E-state index contributed by atoms with van der Waals surface area (Å²) in [5.41, 5.74) is -1.70. The van der Waals surface area contributed by atoms with E-state index < -0.39 is 17.3 Å². The normalized spacial score (nSPS) is 12.3. The zero-order chi connectivity index (χ0) is 14.1. The first-order chi connectivity index (χ1) is 8.05. The molecule has 0 aromatic carbocycles. The predicted octanol–water partition coefficient (Wildman–Crippen LogP) is 1.88. The van der Waals surface area contributed by atoms with Gasteiger partial charge in [0, 0.05) is 16.9 Å². The van der Waals surface area contributed by atoms with Crippen LogP contribution in [0.15, 0.2) is 0 Å². The van der Waals surface area contributed by atoms with Gasteiger partial charge in [0.2, 0.25) is 11.0 Å². The van der Waals surface area contributed by atoms with Crippen molar-refractivity contribution in [1.29, 1.82) is 0 Å². The molecule has 1 heterocycles. The van der Waals surface area contributed by atoms with Gasteiger partial charge in [-0.2, -0.15) is 4.37 Å². The third-order valence-corrected chi connectivity index (χ3v) is 3.05. The molecule has 0 fully saturated rings. The molecule has 6 nitrogen and oxygen atoms in total. The summed E-state index contributed by atoms with van der Waals surface area (Å²) >= 11 is 1.05. The summed E-state index contributed by atoms with van der Waals surface area (Å²) in [5, 5.41) is 11.7. The van der Waals surface area contributed by atoms with Crippen LogP contribution >= 0.6 is 11.5 Å². The van der Waals surface area contributed by atoms with Gasteiger partial charge in [-0.15, -0.1) is 0 Å². The Labute approximate surface area is 110 Å². The van der Waals surface area contributed by atoms with Crippen molar-refractivity contribution in [3.05, 3.63) is 5.82 Å². The molecule has 100 valence electrons. The van der Waals surface area contributed by atoms with Gasteiger partial charge in [-0.3, -0.25) is 14.9 Å². The number of carboxylic acids is 1. The van der Waals surface area contributed by atoms with Crippen LogP contribution in [0, 0.1) is 5.41 Å². The minimum absolute atomic E-state index is 0.207. The molecule has 0 aliphatic heterocycles. The highest BCUT2D eigenvalue weighted by molar-refractivity contribution is 7.09. The van der Waals surface area contributed by atoms with Crippen molar-refractivity contribution in [3.63, 3.8) is 0 Å². The van der Waals surface area contributed by atoms with Crippen LogP contribution in [-0.2, 0) is 15.0 Å². The Morgan fingerprint density at radius 1 is 1.22 bits per heavy atom. The number of carboxylic acid groups (broad SMARTS) is 1. The van der Waals surface area contributed by atoms with Gasteiger partial charge in [-0.05, 0) is 13.8 Å². The Balaban J connectivity index is 2.84. The molecule has 0 saturated heterocycles. The molecule has 0 unspecified atom stereocenters. The Morgan fingerprint density at radius 2 is 1.78 bits per heavy atom. The number of anilines is 1. The quantitative estimate of drug-likeness (QED) is 0.819. The number of aromatic nitrogens is 2. The number of amides is 1. The van der Waals surface area contributed by atoms with Crippen molar-refractivity contribution in [2.24, 2.45) is 5.41 Å². The standard InChI is InChI=1S/C11H17N3O3S/c1-10(2,3)6-12-9(18-14-6)13-7(15)11(4,5)8(16)17/h1-5H3,(H,16,17)(H,12,13,14,15). The van der Waals surface area contributed by atoms with Gasteiger partial charge >= 0.3 is 5.97 Å². The molecular weight excluding hydrogens is 254 g/mol. The molecule has 1 rings (SSSR count). The van der Waals surface area contributed by atoms with E-state index in [4.69, 9.17) is 5.11 Å². The van der Waals surface area contributed by atoms with E-state index in [-0.39, 0.29) is 5.41 Å². The van der Waals surface area contributed by atoms with E-state index in [1.165, 1.54) is 13.8 Å². The zero-order valence-corrected chi connectivity index (χ0v) is 11.9. The second kappa shape index (κ2) is 4.64. The SMILES string of the molecule is CC(C)(C(=O)O)C(=O)Nc1nc(C(C)(C)C)ns1. The maximum atomic E-state index is 11.8. The van der Waals surface area contributed by atoms with E-state index in [0.717, 1.165) is 11.5 Å². The van der Waals surface area contributed by atoms with Gasteiger partial charge < -0.3 is 5.11 Å². The fourth-order valence-corrected chi connectivity index (χ4v) is 1.68. The lowest BCUT2D eigenvalue weighted by Crippen LogP contribution is -2.37. The van der Waals surface area contributed by atoms with Crippen molar-refractivity contribution >= 4 is 28.5 Å². The summed E-state index contributed by atoms with van der Waals surface area (Å²) in [6, 6.07) is 0. The summed E-state index contributed by atoms with van der Waals surface area (Å²) in [6.07, 6.45) is 0. The molecule has 2 N–H and O–H groups in total. The number of hydrogen-bond acceptors (Lipinski definition) is 5. The maximum Gasteiger partial charge on any atom is 0.318 e. The van der Waals surface area contributed by atoms with Gasteiger partial charge in [0.25, 0.3) is 0 Å². The molecule has 0 atom stereocenters. The van der Waals surface area contributed by atoms with E-state index in [2.05, 4.69) is 14.7 Å². The van der Waals surface area contributed by atoms with E-state index in [0.29, 0.717) is 11.0 Å². The van der Waals surface area contributed by atoms with Crippen molar-refractivity contribution in [1.82, 2.24) is 9.36 Å². The van der Waals surface area contributed by atoms with Crippen LogP contribution < -0.4 is 5.32 Å². The Kier molecular flexibility index (Phi) is 3.75. The molecule has 7 heteroatoms. The summed E-state index contributed by atoms with van der Waals surface area (Å²) < 4.78 is 4.14. The highest BCUT2D eigenvalue weighted by atomic mass is 32.1. The molecule has 1 aromatic rings. The minimum Gasteiger partial charge on any atom is -0.480 e. The summed E-state index contributed by atoms with van der Waals surface area (Å²) in [6.45, 7) is 8.57. The van der Waals surface area contributed by atoms with Crippen LogP contribution in [0.4, 0.5) is 5.13 Å². The topological polar surface area (TPSA) is 92.2 Å². The van der Waals surface area contributed by atoms with Crippen LogP contribution in [0.5, 0.6) is 0 Å².